The molecule has 1 aliphatic rings. The maximum atomic E-state index is 11.6. The molecule has 2 unspecified atom stereocenters. The standard InChI is InChI=1S/C11H21N3O2/c1-8-7-14(11(16)12-10(8)15)9(2)5-6-13(3)4/h8-9H,5-7H2,1-4H3,(H,12,15,16). The molecular formula is C11H21N3O2. The van der Waals surface area contributed by atoms with Gasteiger partial charge in [0.05, 0.1) is 5.92 Å². The van der Waals surface area contributed by atoms with E-state index in [9.17, 15) is 9.59 Å². The second-order valence-corrected chi connectivity index (χ2v) is 4.79. The quantitative estimate of drug-likeness (QED) is 0.761. The largest absolute Gasteiger partial charge is 0.324 e. The lowest BCUT2D eigenvalue weighted by Gasteiger charge is -2.35. The van der Waals surface area contributed by atoms with Gasteiger partial charge in [0.2, 0.25) is 5.91 Å². The minimum absolute atomic E-state index is 0.112. The molecule has 16 heavy (non-hydrogen) atoms. The summed E-state index contributed by atoms with van der Waals surface area (Å²) in [5.41, 5.74) is 0. The summed E-state index contributed by atoms with van der Waals surface area (Å²) in [7, 11) is 4.02. The van der Waals surface area contributed by atoms with Crippen LogP contribution in [0.4, 0.5) is 4.79 Å². The number of hydrogen-bond donors (Lipinski definition) is 1. The van der Waals surface area contributed by atoms with Crippen molar-refractivity contribution >= 4 is 11.9 Å². The van der Waals surface area contributed by atoms with Crippen molar-refractivity contribution in [2.75, 3.05) is 27.2 Å². The van der Waals surface area contributed by atoms with Gasteiger partial charge in [-0.05, 0) is 34.0 Å². The third-order valence-electron chi connectivity index (χ3n) is 2.94. The zero-order chi connectivity index (χ0) is 12.3. The highest BCUT2D eigenvalue weighted by Crippen LogP contribution is 2.13. The van der Waals surface area contributed by atoms with Gasteiger partial charge in [-0.3, -0.25) is 10.1 Å². The molecule has 0 aromatic rings. The van der Waals surface area contributed by atoms with Crippen molar-refractivity contribution in [3.63, 3.8) is 0 Å². The van der Waals surface area contributed by atoms with Crippen molar-refractivity contribution in [3.05, 3.63) is 0 Å². The van der Waals surface area contributed by atoms with Crippen molar-refractivity contribution in [2.45, 2.75) is 26.3 Å². The smallest absolute Gasteiger partial charge is 0.321 e. The Morgan fingerprint density at radius 3 is 2.69 bits per heavy atom. The first kappa shape index (κ1) is 13.0. The van der Waals surface area contributed by atoms with E-state index in [1.54, 1.807) is 4.90 Å². The molecule has 0 bridgehead atoms. The lowest BCUT2D eigenvalue weighted by Crippen LogP contribution is -2.56. The topological polar surface area (TPSA) is 52.6 Å². The average Bonchev–Trinajstić information content (AvgIpc) is 2.20. The van der Waals surface area contributed by atoms with Gasteiger partial charge in [-0.1, -0.05) is 6.92 Å². The van der Waals surface area contributed by atoms with Gasteiger partial charge >= 0.3 is 6.03 Å². The molecule has 1 fully saturated rings. The Kier molecular flexibility index (Phi) is 4.29. The molecule has 0 aromatic carbocycles. The fourth-order valence-corrected chi connectivity index (χ4v) is 1.74. The van der Waals surface area contributed by atoms with E-state index in [0.29, 0.717) is 6.54 Å². The fraction of sp³-hybridized carbons (Fsp3) is 0.818. The first-order chi connectivity index (χ1) is 7.41. The minimum Gasteiger partial charge on any atom is -0.321 e. The van der Waals surface area contributed by atoms with Crippen LogP contribution < -0.4 is 5.32 Å². The Hall–Kier alpha value is -1.10. The van der Waals surface area contributed by atoms with E-state index < -0.39 is 0 Å². The van der Waals surface area contributed by atoms with Crippen molar-refractivity contribution < 1.29 is 9.59 Å². The van der Waals surface area contributed by atoms with Crippen LogP contribution in [0.2, 0.25) is 0 Å². The Balaban J connectivity index is 2.51. The fourth-order valence-electron chi connectivity index (χ4n) is 1.74. The van der Waals surface area contributed by atoms with Crippen LogP contribution in [-0.2, 0) is 4.79 Å². The van der Waals surface area contributed by atoms with E-state index in [4.69, 9.17) is 0 Å². The van der Waals surface area contributed by atoms with Crippen molar-refractivity contribution in [3.8, 4) is 0 Å². The van der Waals surface area contributed by atoms with Gasteiger partial charge in [0.25, 0.3) is 0 Å². The monoisotopic (exact) mass is 227 g/mol. The van der Waals surface area contributed by atoms with Crippen LogP contribution in [-0.4, -0.2) is 55.0 Å². The number of carbonyl (C=O) groups is 2. The predicted molar refractivity (Wildman–Crippen MR) is 62.0 cm³/mol. The summed E-state index contributed by atoms with van der Waals surface area (Å²) in [6.45, 7) is 5.32. The Morgan fingerprint density at radius 2 is 2.12 bits per heavy atom. The summed E-state index contributed by atoms with van der Waals surface area (Å²) in [6.07, 6.45) is 0.918. The number of rotatable bonds is 4. The molecule has 1 aliphatic heterocycles. The molecule has 92 valence electrons. The van der Waals surface area contributed by atoms with E-state index >= 15 is 0 Å². The number of nitrogens with zero attached hydrogens (tertiary/aromatic N) is 2. The highest BCUT2D eigenvalue weighted by molar-refractivity contribution is 5.97. The van der Waals surface area contributed by atoms with Crippen LogP contribution in [0.5, 0.6) is 0 Å². The SMILES string of the molecule is CC1CN(C(C)CCN(C)C)C(=O)NC1=O. The number of amides is 3. The summed E-state index contributed by atoms with van der Waals surface area (Å²) in [6, 6.07) is -0.0905. The lowest BCUT2D eigenvalue weighted by molar-refractivity contribution is -0.125. The first-order valence-corrected chi connectivity index (χ1v) is 5.68. The Bertz CT molecular complexity index is 278. The van der Waals surface area contributed by atoms with E-state index in [1.165, 1.54) is 0 Å². The van der Waals surface area contributed by atoms with Gasteiger partial charge < -0.3 is 9.80 Å². The van der Waals surface area contributed by atoms with Crippen molar-refractivity contribution in [2.24, 2.45) is 5.92 Å². The summed E-state index contributed by atoms with van der Waals surface area (Å²) in [5, 5.41) is 2.38. The highest BCUT2D eigenvalue weighted by atomic mass is 16.2. The number of urea groups is 1. The van der Waals surface area contributed by atoms with Gasteiger partial charge in [0, 0.05) is 12.6 Å². The van der Waals surface area contributed by atoms with Gasteiger partial charge in [-0.15, -0.1) is 0 Å². The van der Waals surface area contributed by atoms with Crippen molar-refractivity contribution in [1.82, 2.24) is 15.1 Å². The number of imide groups is 1. The molecular weight excluding hydrogens is 206 g/mol. The molecule has 1 rings (SSSR count). The van der Waals surface area contributed by atoms with Crippen LogP contribution in [0, 0.1) is 5.92 Å². The molecule has 5 nitrogen and oxygen atoms in total. The molecule has 0 aliphatic carbocycles. The Labute approximate surface area is 96.8 Å². The van der Waals surface area contributed by atoms with E-state index in [2.05, 4.69) is 10.2 Å². The van der Waals surface area contributed by atoms with Crippen LogP contribution in [0.3, 0.4) is 0 Å². The maximum absolute atomic E-state index is 11.6. The third-order valence-corrected chi connectivity index (χ3v) is 2.94. The summed E-state index contributed by atoms with van der Waals surface area (Å²) >= 11 is 0. The van der Waals surface area contributed by atoms with E-state index in [1.807, 2.05) is 27.9 Å². The molecule has 0 saturated carbocycles. The van der Waals surface area contributed by atoms with Gasteiger partial charge in [-0.25, -0.2) is 4.79 Å². The zero-order valence-electron chi connectivity index (χ0n) is 10.5. The number of nitrogens with one attached hydrogen (secondary N) is 1. The van der Waals surface area contributed by atoms with Gasteiger partial charge in [0.1, 0.15) is 0 Å². The van der Waals surface area contributed by atoms with E-state index in [0.717, 1.165) is 13.0 Å². The molecule has 1 saturated heterocycles. The van der Waals surface area contributed by atoms with Crippen LogP contribution in [0.25, 0.3) is 0 Å². The van der Waals surface area contributed by atoms with Crippen LogP contribution in [0.15, 0.2) is 0 Å². The molecule has 1 N–H and O–H groups in total. The number of hydrogen-bond acceptors (Lipinski definition) is 3. The van der Waals surface area contributed by atoms with Gasteiger partial charge in [0.15, 0.2) is 0 Å². The molecule has 0 spiro atoms. The molecule has 5 heteroatoms. The summed E-state index contributed by atoms with van der Waals surface area (Å²) in [4.78, 5) is 26.7. The summed E-state index contributed by atoms with van der Waals surface area (Å²) < 4.78 is 0. The van der Waals surface area contributed by atoms with Crippen molar-refractivity contribution in [1.29, 1.82) is 0 Å². The molecule has 0 aromatic heterocycles. The average molecular weight is 227 g/mol. The normalized spacial score (nSPS) is 23.6. The summed E-state index contributed by atoms with van der Waals surface area (Å²) in [5.74, 6) is -0.277. The minimum atomic E-state index is -0.255. The van der Waals surface area contributed by atoms with Gasteiger partial charge in [-0.2, -0.15) is 0 Å². The Morgan fingerprint density at radius 1 is 1.50 bits per heavy atom. The number of carbonyl (C=O) groups excluding carboxylic acids is 2. The maximum Gasteiger partial charge on any atom is 0.324 e. The zero-order valence-corrected chi connectivity index (χ0v) is 10.5. The highest BCUT2D eigenvalue weighted by Gasteiger charge is 2.31. The van der Waals surface area contributed by atoms with Crippen LogP contribution >= 0.6 is 0 Å². The second-order valence-electron chi connectivity index (χ2n) is 4.79. The predicted octanol–water partition coefficient (Wildman–Crippen LogP) is 0.515. The molecule has 2 atom stereocenters. The van der Waals surface area contributed by atoms with E-state index in [-0.39, 0.29) is 23.9 Å². The lowest BCUT2D eigenvalue weighted by atomic mass is 10.1. The first-order valence-electron chi connectivity index (χ1n) is 5.68. The second kappa shape index (κ2) is 5.30. The molecule has 3 amide bonds. The third kappa shape index (κ3) is 3.20. The molecule has 1 heterocycles. The van der Waals surface area contributed by atoms with Crippen LogP contribution in [0.1, 0.15) is 20.3 Å². The molecule has 0 radical (unpaired) electrons.